The first-order valence-corrected chi connectivity index (χ1v) is 6.88. The molecule has 0 radical (unpaired) electrons. The lowest BCUT2D eigenvalue weighted by atomic mass is 10.2. The summed E-state index contributed by atoms with van der Waals surface area (Å²) >= 11 is 12.0. The van der Waals surface area contributed by atoms with E-state index < -0.39 is 0 Å². The van der Waals surface area contributed by atoms with E-state index >= 15 is 0 Å². The molecule has 2 rings (SSSR count). The van der Waals surface area contributed by atoms with Crippen LogP contribution in [0.2, 0.25) is 10.0 Å². The molecular weight excluding hydrogens is 283 g/mol. The SMILES string of the molecule is CC(C)CNCc1cnnn1-c1cc(Cl)cc(Cl)c1. The van der Waals surface area contributed by atoms with E-state index in [1.54, 1.807) is 16.9 Å². The van der Waals surface area contributed by atoms with Crippen LogP contribution in [0.3, 0.4) is 0 Å². The lowest BCUT2D eigenvalue weighted by molar-refractivity contribution is 0.542. The summed E-state index contributed by atoms with van der Waals surface area (Å²) < 4.78 is 1.74. The Labute approximate surface area is 122 Å². The van der Waals surface area contributed by atoms with Crippen LogP contribution in [-0.4, -0.2) is 21.5 Å². The lowest BCUT2D eigenvalue weighted by Gasteiger charge is -2.09. The molecule has 6 heteroatoms. The van der Waals surface area contributed by atoms with Gasteiger partial charge in [-0.05, 0) is 30.7 Å². The molecule has 19 heavy (non-hydrogen) atoms. The van der Waals surface area contributed by atoms with Crippen LogP contribution in [0.15, 0.2) is 24.4 Å². The number of hydrogen-bond acceptors (Lipinski definition) is 3. The molecule has 0 amide bonds. The molecule has 0 saturated carbocycles. The first-order chi connectivity index (χ1) is 9.06. The molecule has 1 heterocycles. The smallest absolute Gasteiger partial charge is 0.0783 e. The van der Waals surface area contributed by atoms with Crippen LogP contribution in [-0.2, 0) is 6.54 Å². The van der Waals surface area contributed by atoms with Crippen molar-refractivity contribution in [2.45, 2.75) is 20.4 Å². The van der Waals surface area contributed by atoms with Crippen LogP contribution in [0, 0.1) is 5.92 Å². The Morgan fingerprint density at radius 2 is 1.89 bits per heavy atom. The number of nitrogens with one attached hydrogen (secondary N) is 1. The van der Waals surface area contributed by atoms with E-state index in [4.69, 9.17) is 23.2 Å². The van der Waals surface area contributed by atoms with Gasteiger partial charge in [-0.15, -0.1) is 5.10 Å². The molecule has 1 aromatic heterocycles. The zero-order valence-corrected chi connectivity index (χ0v) is 12.4. The summed E-state index contributed by atoms with van der Waals surface area (Å²) in [7, 11) is 0. The fraction of sp³-hybridized carbons (Fsp3) is 0.385. The van der Waals surface area contributed by atoms with Crippen molar-refractivity contribution in [2.24, 2.45) is 5.92 Å². The summed E-state index contributed by atoms with van der Waals surface area (Å²) in [6, 6.07) is 5.32. The molecule has 0 aliphatic heterocycles. The molecule has 2 aromatic rings. The van der Waals surface area contributed by atoms with Gasteiger partial charge in [0.05, 0.1) is 17.6 Å². The largest absolute Gasteiger partial charge is 0.311 e. The first-order valence-electron chi connectivity index (χ1n) is 6.13. The van der Waals surface area contributed by atoms with Crippen LogP contribution in [0.1, 0.15) is 19.5 Å². The van der Waals surface area contributed by atoms with E-state index in [0.29, 0.717) is 22.5 Å². The van der Waals surface area contributed by atoms with Crippen LogP contribution in [0.25, 0.3) is 5.69 Å². The zero-order chi connectivity index (χ0) is 13.8. The molecule has 1 aromatic carbocycles. The standard InChI is InChI=1S/C13H16Cl2N4/c1-9(2)6-16-7-13-8-17-18-19(13)12-4-10(14)3-11(15)5-12/h3-5,8-9,16H,6-7H2,1-2H3. The highest BCUT2D eigenvalue weighted by Crippen LogP contribution is 2.22. The van der Waals surface area contributed by atoms with Gasteiger partial charge in [0, 0.05) is 16.6 Å². The highest BCUT2D eigenvalue weighted by atomic mass is 35.5. The fourth-order valence-electron chi connectivity index (χ4n) is 1.74. The maximum Gasteiger partial charge on any atom is 0.0783 e. The monoisotopic (exact) mass is 298 g/mol. The Bertz CT molecular complexity index is 531. The van der Waals surface area contributed by atoms with Crippen molar-refractivity contribution in [3.63, 3.8) is 0 Å². The van der Waals surface area contributed by atoms with Gasteiger partial charge < -0.3 is 5.32 Å². The van der Waals surface area contributed by atoms with Gasteiger partial charge in [0.25, 0.3) is 0 Å². The Kier molecular flexibility index (Phi) is 4.80. The summed E-state index contributed by atoms with van der Waals surface area (Å²) in [4.78, 5) is 0. The number of rotatable bonds is 5. The molecule has 0 atom stereocenters. The highest BCUT2D eigenvalue weighted by molar-refractivity contribution is 6.34. The Hall–Kier alpha value is -1.10. The van der Waals surface area contributed by atoms with Gasteiger partial charge >= 0.3 is 0 Å². The molecule has 1 N–H and O–H groups in total. The van der Waals surface area contributed by atoms with Crippen LogP contribution in [0.5, 0.6) is 0 Å². The summed E-state index contributed by atoms with van der Waals surface area (Å²) in [5, 5.41) is 12.5. The molecule has 0 unspecified atom stereocenters. The highest BCUT2D eigenvalue weighted by Gasteiger charge is 2.08. The summed E-state index contributed by atoms with van der Waals surface area (Å²) in [5.74, 6) is 0.602. The van der Waals surface area contributed by atoms with E-state index in [9.17, 15) is 0 Å². The third-order valence-corrected chi connectivity index (χ3v) is 3.01. The maximum absolute atomic E-state index is 6.00. The van der Waals surface area contributed by atoms with E-state index in [-0.39, 0.29) is 0 Å². The van der Waals surface area contributed by atoms with Crippen molar-refractivity contribution >= 4 is 23.2 Å². The molecule has 0 saturated heterocycles. The quantitative estimate of drug-likeness (QED) is 0.921. The van der Waals surface area contributed by atoms with Crippen LogP contribution < -0.4 is 5.32 Å². The van der Waals surface area contributed by atoms with Gasteiger partial charge in [-0.2, -0.15) is 0 Å². The van der Waals surface area contributed by atoms with Gasteiger partial charge in [-0.3, -0.25) is 0 Å². The number of benzene rings is 1. The average molecular weight is 299 g/mol. The van der Waals surface area contributed by atoms with E-state index in [0.717, 1.165) is 17.9 Å². The second-order valence-electron chi connectivity index (χ2n) is 4.79. The van der Waals surface area contributed by atoms with Gasteiger partial charge in [-0.25, -0.2) is 4.68 Å². The van der Waals surface area contributed by atoms with Gasteiger partial charge in [0.1, 0.15) is 0 Å². The Morgan fingerprint density at radius 3 is 2.53 bits per heavy atom. The summed E-state index contributed by atoms with van der Waals surface area (Å²) in [5.41, 5.74) is 1.79. The number of nitrogens with zero attached hydrogens (tertiary/aromatic N) is 3. The topological polar surface area (TPSA) is 42.7 Å². The predicted molar refractivity (Wildman–Crippen MR) is 77.9 cm³/mol. The molecule has 4 nitrogen and oxygen atoms in total. The Morgan fingerprint density at radius 1 is 1.21 bits per heavy atom. The molecule has 0 fully saturated rings. The second kappa shape index (κ2) is 6.37. The van der Waals surface area contributed by atoms with Crippen LogP contribution in [0.4, 0.5) is 0 Å². The van der Waals surface area contributed by atoms with E-state index in [2.05, 4.69) is 29.5 Å². The lowest BCUT2D eigenvalue weighted by Crippen LogP contribution is -2.20. The minimum absolute atomic E-state index is 0.582. The average Bonchev–Trinajstić information content (AvgIpc) is 2.75. The minimum atomic E-state index is 0.582. The molecule has 0 aliphatic rings. The molecular formula is C13H16Cl2N4. The van der Waals surface area contributed by atoms with Crippen molar-refractivity contribution in [2.75, 3.05) is 6.54 Å². The van der Waals surface area contributed by atoms with Gasteiger partial charge in [0.2, 0.25) is 0 Å². The third kappa shape index (κ3) is 3.93. The van der Waals surface area contributed by atoms with Gasteiger partial charge in [0.15, 0.2) is 0 Å². The minimum Gasteiger partial charge on any atom is -0.311 e. The van der Waals surface area contributed by atoms with Crippen molar-refractivity contribution in [1.29, 1.82) is 0 Å². The molecule has 0 spiro atoms. The molecule has 0 bridgehead atoms. The van der Waals surface area contributed by atoms with Crippen molar-refractivity contribution in [3.05, 3.63) is 40.1 Å². The zero-order valence-electron chi connectivity index (χ0n) is 10.9. The predicted octanol–water partition coefficient (Wildman–Crippen LogP) is 3.32. The van der Waals surface area contributed by atoms with Crippen molar-refractivity contribution in [1.82, 2.24) is 20.3 Å². The van der Waals surface area contributed by atoms with Crippen LogP contribution >= 0.6 is 23.2 Å². The number of hydrogen-bond donors (Lipinski definition) is 1. The second-order valence-corrected chi connectivity index (χ2v) is 5.66. The summed E-state index contributed by atoms with van der Waals surface area (Å²) in [6.45, 7) is 5.98. The summed E-state index contributed by atoms with van der Waals surface area (Å²) in [6.07, 6.45) is 1.74. The first kappa shape index (κ1) is 14.3. The third-order valence-electron chi connectivity index (χ3n) is 2.57. The van der Waals surface area contributed by atoms with Gasteiger partial charge in [-0.1, -0.05) is 42.3 Å². The van der Waals surface area contributed by atoms with E-state index in [1.165, 1.54) is 0 Å². The van der Waals surface area contributed by atoms with Crippen molar-refractivity contribution in [3.8, 4) is 5.69 Å². The fourth-order valence-corrected chi connectivity index (χ4v) is 2.26. The van der Waals surface area contributed by atoms with Crippen molar-refractivity contribution < 1.29 is 0 Å². The number of aromatic nitrogens is 3. The normalized spacial score (nSPS) is 11.2. The van der Waals surface area contributed by atoms with E-state index in [1.807, 2.05) is 12.1 Å². The molecule has 0 aliphatic carbocycles. The number of halogens is 2. The maximum atomic E-state index is 6.00. The molecule has 102 valence electrons. The Balaban J connectivity index is 2.18.